The van der Waals surface area contributed by atoms with Crippen molar-refractivity contribution in [2.75, 3.05) is 0 Å². The van der Waals surface area contributed by atoms with E-state index in [9.17, 15) is 4.79 Å². The topological polar surface area (TPSA) is 67.2 Å². The molecule has 0 fully saturated rings. The number of rotatable bonds is 4. The van der Waals surface area contributed by atoms with Gasteiger partial charge in [-0.15, -0.1) is 0 Å². The van der Waals surface area contributed by atoms with Crippen molar-refractivity contribution in [1.29, 1.82) is 0 Å². The van der Waals surface area contributed by atoms with Crippen molar-refractivity contribution < 1.29 is 4.79 Å². The molecule has 2 aromatic rings. The maximum absolute atomic E-state index is 11.9. The summed E-state index contributed by atoms with van der Waals surface area (Å²) in [5.41, 5.74) is 5.72. The van der Waals surface area contributed by atoms with Gasteiger partial charge in [-0.3, -0.25) is 10.6 Å². The van der Waals surface area contributed by atoms with Crippen molar-refractivity contribution in [3.05, 3.63) is 71.6 Å². The zero-order valence-electron chi connectivity index (χ0n) is 12.4. The lowest BCUT2D eigenvalue weighted by molar-refractivity contribution is -0.116. The fourth-order valence-corrected chi connectivity index (χ4v) is 2.74. The van der Waals surface area contributed by atoms with E-state index in [4.69, 9.17) is 5.84 Å². The first-order valence-corrected chi connectivity index (χ1v) is 7.33. The minimum atomic E-state index is 0.0240. The van der Waals surface area contributed by atoms with Crippen LogP contribution in [0.25, 0.3) is 10.8 Å². The molecule has 0 unspecified atom stereocenters. The maximum atomic E-state index is 11.9. The quantitative estimate of drug-likeness (QED) is 0.598. The second-order valence-electron chi connectivity index (χ2n) is 5.46. The molecule has 22 heavy (non-hydrogen) atoms. The van der Waals surface area contributed by atoms with Gasteiger partial charge in [0.25, 0.3) is 0 Å². The van der Waals surface area contributed by atoms with Gasteiger partial charge in [0.2, 0.25) is 0 Å². The van der Waals surface area contributed by atoms with Crippen LogP contribution in [-0.2, 0) is 11.3 Å². The monoisotopic (exact) mass is 293 g/mol. The first-order chi connectivity index (χ1) is 10.7. The zero-order chi connectivity index (χ0) is 15.5. The Morgan fingerprint density at radius 3 is 2.59 bits per heavy atom. The highest BCUT2D eigenvalue weighted by Crippen LogP contribution is 2.23. The van der Waals surface area contributed by atoms with E-state index in [-0.39, 0.29) is 5.78 Å². The Kier molecular flexibility index (Phi) is 3.94. The number of nitrogens with one attached hydrogen (secondary N) is 2. The van der Waals surface area contributed by atoms with Gasteiger partial charge in [0, 0.05) is 13.0 Å². The number of hydrazine groups is 1. The molecule has 0 bridgehead atoms. The molecule has 0 atom stereocenters. The largest absolute Gasteiger partial charge is 0.379 e. The number of benzene rings is 2. The van der Waals surface area contributed by atoms with Gasteiger partial charge in [-0.25, -0.2) is 0 Å². The smallest absolute Gasteiger partial charge is 0.182 e. The predicted octanol–water partition coefficient (Wildman–Crippen LogP) is 2.52. The normalized spacial score (nSPS) is 15.3. The second kappa shape index (κ2) is 6.03. The first-order valence-electron chi connectivity index (χ1n) is 7.33. The van der Waals surface area contributed by atoms with Crippen LogP contribution in [0.5, 0.6) is 0 Å². The average Bonchev–Trinajstić information content (AvgIpc) is 2.55. The van der Waals surface area contributed by atoms with Gasteiger partial charge in [0.15, 0.2) is 5.78 Å². The highest BCUT2D eigenvalue weighted by molar-refractivity contribution is 5.97. The van der Waals surface area contributed by atoms with E-state index in [0.29, 0.717) is 25.1 Å². The average molecular weight is 293 g/mol. The molecule has 0 aliphatic heterocycles. The van der Waals surface area contributed by atoms with Crippen LogP contribution in [0, 0.1) is 0 Å². The van der Waals surface area contributed by atoms with E-state index in [1.807, 2.05) is 12.1 Å². The lowest BCUT2D eigenvalue weighted by atomic mass is 9.95. The van der Waals surface area contributed by atoms with E-state index in [1.165, 1.54) is 10.8 Å². The van der Waals surface area contributed by atoms with Crippen LogP contribution in [0.3, 0.4) is 0 Å². The second-order valence-corrected chi connectivity index (χ2v) is 5.46. The van der Waals surface area contributed by atoms with Crippen molar-refractivity contribution in [2.24, 2.45) is 5.84 Å². The van der Waals surface area contributed by atoms with Gasteiger partial charge in [0.1, 0.15) is 5.70 Å². The van der Waals surface area contributed by atoms with Crippen LogP contribution >= 0.6 is 0 Å². The highest BCUT2D eigenvalue weighted by atomic mass is 16.1. The Balaban J connectivity index is 1.83. The molecule has 2 aromatic carbocycles. The van der Waals surface area contributed by atoms with E-state index in [0.717, 1.165) is 16.8 Å². The van der Waals surface area contributed by atoms with Crippen molar-refractivity contribution in [1.82, 2.24) is 10.7 Å². The van der Waals surface area contributed by atoms with Gasteiger partial charge in [-0.05, 0) is 34.4 Å². The molecule has 0 radical (unpaired) electrons. The van der Waals surface area contributed by atoms with Crippen LogP contribution in [-0.4, -0.2) is 5.78 Å². The first kappa shape index (κ1) is 14.4. The molecule has 4 heteroatoms. The van der Waals surface area contributed by atoms with E-state index in [2.05, 4.69) is 47.7 Å². The van der Waals surface area contributed by atoms with Crippen LogP contribution in [0.15, 0.2) is 66.0 Å². The zero-order valence-corrected chi connectivity index (χ0v) is 12.4. The molecule has 4 nitrogen and oxygen atoms in total. The lowest BCUT2D eigenvalue weighted by Gasteiger charge is -2.22. The number of fused-ring (bicyclic) bond motifs is 1. The van der Waals surface area contributed by atoms with Gasteiger partial charge >= 0.3 is 0 Å². The van der Waals surface area contributed by atoms with Gasteiger partial charge < -0.3 is 10.7 Å². The molecular formula is C18H19N3O. The third-order valence-corrected chi connectivity index (χ3v) is 3.96. The van der Waals surface area contributed by atoms with Gasteiger partial charge in [-0.1, -0.05) is 43.0 Å². The van der Waals surface area contributed by atoms with Gasteiger partial charge in [0.05, 0.1) is 5.70 Å². The number of Topliss-reactive ketones (excluding diaryl/α,β-unsaturated/α-hetero) is 1. The summed E-state index contributed by atoms with van der Waals surface area (Å²) >= 11 is 0. The van der Waals surface area contributed by atoms with Crippen molar-refractivity contribution in [2.45, 2.75) is 19.4 Å². The number of allylic oxidation sites excluding steroid dienone is 2. The molecule has 4 N–H and O–H groups in total. The maximum Gasteiger partial charge on any atom is 0.182 e. The Morgan fingerprint density at radius 2 is 1.82 bits per heavy atom. The summed E-state index contributed by atoms with van der Waals surface area (Å²) < 4.78 is 0. The van der Waals surface area contributed by atoms with E-state index < -0.39 is 0 Å². The van der Waals surface area contributed by atoms with E-state index in [1.54, 1.807) is 0 Å². The van der Waals surface area contributed by atoms with Crippen LogP contribution in [0.4, 0.5) is 0 Å². The molecule has 0 saturated heterocycles. The Labute approximate surface area is 129 Å². The Morgan fingerprint density at radius 1 is 1.05 bits per heavy atom. The minimum Gasteiger partial charge on any atom is -0.379 e. The standard InChI is InChI=1S/C18H19N3O/c1-12-6-9-16(22)18(21-19)17(12)20-11-13-7-8-14-4-2-3-5-15(14)10-13/h2-5,7-8,10,20-21H,1,6,9,11,19H2. The fourth-order valence-electron chi connectivity index (χ4n) is 2.74. The number of ketones is 1. The number of carbonyl (C=O) groups excluding carboxylic acids is 1. The van der Waals surface area contributed by atoms with E-state index >= 15 is 0 Å². The Bertz CT molecular complexity index is 777. The molecule has 112 valence electrons. The highest BCUT2D eigenvalue weighted by Gasteiger charge is 2.22. The third-order valence-electron chi connectivity index (χ3n) is 3.96. The summed E-state index contributed by atoms with van der Waals surface area (Å²) in [7, 11) is 0. The summed E-state index contributed by atoms with van der Waals surface area (Å²) in [6.45, 7) is 4.64. The fraction of sp³-hybridized carbons (Fsp3) is 0.167. The molecule has 1 aliphatic rings. The van der Waals surface area contributed by atoms with Crippen LogP contribution in [0.2, 0.25) is 0 Å². The van der Waals surface area contributed by atoms with Crippen molar-refractivity contribution in [3.8, 4) is 0 Å². The number of nitrogens with two attached hydrogens (primary N) is 1. The molecule has 0 spiro atoms. The summed E-state index contributed by atoms with van der Waals surface area (Å²) in [4.78, 5) is 11.9. The summed E-state index contributed by atoms with van der Waals surface area (Å²) in [5.74, 6) is 5.50. The minimum absolute atomic E-state index is 0.0240. The molecule has 1 aliphatic carbocycles. The number of hydrogen-bond acceptors (Lipinski definition) is 4. The molecule has 0 aromatic heterocycles. The molecule has 3 rings (SSSR count). The Hall–Kier alpha value is -2.59. The van der Waals surface area contributed by atoms with Crippen LogP contribution < -0.4 is 16.6 Å². The summed E-state index contributed by atoms with van der Waals surface area (Å²) in [5, 5.41) is 5.72. The number of carbonyl (C=O) groups is 1. The predicted molar refractivity (Wildman–Crippen MR) is 88.5 cm³/mol. The van der Waals surface area contributed by atoms with Crippen LogP contribution in [0.1, 0.15) is 18.4 Å². The molecular weight excluding hydrogens is 274 g/mol. The molecule has 0 heterocycles. The third kappa shape index (κ3) is 2.73. The number of hydrogen-bond donors (Lipinski definition) is 3. The SMILES string of the molecule is C=C1CCC(=O)C(NN)=C1NCc1ccc2ccccc2c1. The molecule has 0 amide bonds. The van der Waals surface area contributed by atoms with Gasteiger partial charge in [-0.2, -0.15) is 0 Å². The summed E-state index contributed by atoms with van der Waals surface area (Å²) in [6.07, 6.45) is 1.13. The lowest BCUT2D eigenvalue weighted by Crippen LogP contribution is -2.34. The summed E-state index contributed by atoms with van der Waals surface area (Å²) in [6, 6.07) is 14.6. The molecule has 0 saturated carbocycles. The van der Waals surface area contributed by atoms with Crippen molar-refractivity contribution in [3.63, 3.8) is 0 Å². The van der Waals surface area contributed by atoms with Crippen molar-refractivity contribution >= 4 is 16.6 Å².